The van der Waals surface area contributed by atoms with E-state index in [1.54, 1.807) is 23.1 Å². The highest BCUT2D eigenvalue weighted by Gasteiger charge is 2.18. The Kier molecular flexibility index (Phi) is 7.09. The molecule has 0 aliphatic carbocycles. The van der Waals surface area contributed by atoms with Gasteiger partial charge in [0.2, 0.25) is 0 Å². The lowest BCUT2D eigenvalue weighted by Crippen LogP contribution is -2.28. The molecule has 10 heteroatoms. The predicted molar refractivity (Wildman–Crippen MR) is 137 cm³/mol. The molecule has 0 radical (unpaired) electrons. The van der Waals surface area contributed by atoms with E-state index in [1.807, 2.05) is 52.0 Å². The number of carbonyl (C=O) groups is 1. The summed E-state index contributed by atoms with van der Waals surface area (Å²) in [6, 6.07) is 9.36. The zero-order valence-electron chi connectivity index (χ0n) is 20.3. The molecule has 10 nitrogen and oxygen atoms in total. The van der Waals surface area contributed by atoms with Crippen LogP contribution in [-0.4, -0.2) is 43.7 Å². The lowest BCUT2D eigenvalue weighted by atomic mass is 10.1. The maximum atomic E-state index is 13.2. The van der Waals surface area contributed by atoms with Crippen LogP contribution >= 0.6 is 0 Å². The van der Waals surface area contributed by atoms with E-state index in [0.29, 0.717) is 41.1 Å². The van der Waals surface area contributed by atoms with Gasteiger partial charge in [0.15, 0.2) is 5.65 Å². The van der Waals surface area contributed by atoms with Crippen LogP contribution in [0.5, 0.6) is 0 Å². The highest BCUT2D eigenvalue weighted by molar-refractivity contribution is 6.06. The zero-order valence-corrected chi connectivity index (χ0v) is 20.3. The van der Waals surface area contributed by atoms with Crippen molar-refractivity contribution in [2.75, 3.05) is 23.7 Å². The van der Waals surface area contributed by atoms with Crippen LogP contribution in [0.3, 0.4) is 0 Å². The predicted octanol–water partition coefficient (Wildman–Crippen LogP) is 3.17. The van der Waals surface area contributed by atoms with Gasteiger partial charge in [-0.2, -0.15) is 5.10 Å². The topological polar surface area (TPSA) is 130 Å². The number of nitrogens with one attached hydrogen (secondary N) is 4. The number of carbonyl (C=O) groups excluding carboxylic acids is 1. The van der Waals surface area contributed by atoms with E-state index in [0.717, 1.165) is 17.1 Å². The Balaban J connectivity index is 1.55. The third kappa shape index (κ3) is 5.48. The Morgan fingerprint density at radius 2 is 1.89 bits per heavy atom. The van der Waals surface area contributed by atoms with E-state index in [1.165, 1.54) is 0 Å². The number of aryl methyl sites for hydroxylation is 2. The number of hydrogen-bond acceptors (Lipinski definition) is 7. The number of amides is 1. The van der Waals surface area contributed by atoms with Gasteiger partial charge in [-0.15, -0.1) is 0 Å². The van der Waals surface area contributed by atoms with E-state index in [4.69, 9.17) is 4.98 Å². The summed E-state index contributed by atoms with van der Waals surface area (Å²) in [4.78, 5) is 37.3. The van der Waals surface area contributed by atoms with Gasteiger partial charge in [0.25, 0.3) is 11.5 Å². The van der Waals surface area contributed by atoms with Gasteiger partial charge in [-0.1, -0.05) is 6.07 Å². The van der Waals surface area contributed by atoms with Crippen molar-refractivity contribution in [2.45, 2.75) is 40.3 Å². The fraction of sp³-hybridized carbons (Fsp3) is 0.320. The number of pyridine rings is 3. The second-order valence-electron chi connectivity index (χ2n) is 8.67. The summed E-state index contributed by atoms with van der Waals surface area (Å²) in [5.74, 6) is 1.06. The summed E-state index contributed by atoms with van der Waals surface area (Å²) >= 11 is 0. The Morgan fingerprint density at radius 3 is 2.57 bits per heavy atom. The van der Waals surface area contributed by atoms with Gasteiger partial charge in [0, 0.05) is 43.1 Å². The fourth-order valence-corrected chi connectivity index (χ4v) is 3.89. The van der Waals surface area contributed by atoms with E-state index in [9.17, 15) is 9.59 Å². The smallest absolute Gasteiger partial charge is 0.253 e. The largest absolute Gasteiger partial charge is 0.368 e. The maximum absolute atomic E-state index is 13.2. The maximum Gasteiger partial charge on any atom is 0.253 e. The number of nitrogens with zero attached hydrogens (tertiary/aromatic N) is 4. The van der Waals surface area contributed by atoms with Gasteiger partial charge in [0.1, 0.15) is 11.6 Å². The van der Waals surface area contributed by atoms with E-state index < -0.39 is 0 Å². The Hall–Kier alpha value is -4.21. The second-order valence-corrected chi connectivity index (χ2v) is 8.67. The van der Waals surface area contributed by atoms with Crippen LogP contribution in [-0.2, 0) is 6.54 Å². The molecule has 0 bridgehead atoms. The van der Waals surface area contributed by atoms with Crippen molar-refractivity contribution in [1.29, 1.82) is 0 Å². The molecular weight excluding hydrogens is 444 g/mol. The van der Waals surface area contributed by atoms with Gasteiger partial charge in [-0.05, 0) is 57.5 Å². The fourth-order valence-electron chi connectivity index (χ4n) is 3.89. The normalized spacial score (nSPS) is 11.1. The van der Waals surface area contributed by atoms with Crippen molar-refractivity contribution in [3.05, 3.63) is 75.5 Å². The number of hydrogen-bond donors (Lipinski definition) is 4. The van der Waals surface area contributed by atoms with Crippen LogP contribution in [0.4, 0.5) is 11.6 Å². The quantitative estimate of drug-likeness (QED) is 0.274. The molecular formula is C25H30N8O2. The number of anilines is 2. The molecule has 182 valence electrons. The Labute approximate surface area is 203 Å². The highest BCUT2D eigenvalue weighted by atomic mass is 16.1. The van der Waals surface area contributed by atoms with Gasteiger partial charge in [0.05, 0.1) is 17.1 Å². The van der Waals surface area contributed by atoms with Crippen LogP contribution in [0.1, 0.15) is 47.1 Å². The monoisotopic (exact) mass is 474 g/mol. The van der Waals surface area contributed by atoms with Crippen molar-refractivity contribution in [3.63, 3.8) is 0 Å². The van der Waals surface area contributed by atoms with Gasteiger partial charge >= 0.3 is 0 Å². The lowest BCUT2D eigenvalue weighted by molar-refractivity contribution is 0.0952. The van der Waals surface area contributed by atoms with Crippen molar-refractivity contribution in [3.8, 4) is 0 Å². The molecule has 0 unspecified atom stereocenters. The number of fused-ring (bicyclic) bond motifs is 1. The molecule has 4 rings (SSSR count). The zero-order chi connectivity index (χ0) is 24.9. The first-order valence-corrected chi connectivity index (χ1v) is 11.6. The van der Waals surface area contributed by atoms with Gasteiger partial charge in [-0.3, -0.25) is 9.59 Å². The second kappa shape index (κ2) is 10.4. The van der Waals surface area contributed by atoms with Gasteiger partial charge < -0.3 is 20.9 Å². The van der Waals surface area contributed by atoms with Crippen molar-refractivity contribution in [2.24, 2.45) is 0 Å². The third-order valence-electron chi connectivity index (χ3n) is 5.62. The molecule has 4 aromatic heterocycles. The molecule has 0 saturated carbocycles. The third-order valence-corrected chi connectivity index (χ3v) is 5.62. The summed E-state index contributed by atoms with van der Waals surface area (Å²) < 4.78 is 1.79. The summed E-state index contributed by atoms with van der Waals surface area (Å²) in [7, 11) is 0. The first-order chi connectivity index (χ1) is 16.8. The standard InChI is InChI=1S/C25H30N8O2/c1-15(2)33-23-20(14-30-33)18(24(34)29-13-19-16(3)11-17(4)31-25(19)35)12-22(32-23)28-10-9-27-21-7-5-6-8-26-21/h5-8,11-12,14-15H,9-10,13H2,1-4H3,(H,26,27)(H,28,32)(H,29,34)(H,31,35). The summed E-state index contributed by atoms with van der Waals surface area (Å²) in [5, 5.41) is 14.5. The van der Waals surface area contributed by atoms with Crippen LogP contribution in [0.25, 0.3) is 11.0 Å². The molecule has 0 atom stereocenters. The van der Waals surface area contributed by atoms with Crippen molar-refractivity contribution < 1.29 is 4.79 Å². The van der Waals surface area contributed by atoms with E-state index in [-0.39, 0.29) is 24.1 Å². The first-order valence-electron chi connectivity index (χ1n) is 11.6. The van der Waals surface area contributed by atoms with Crippen molar-refractivity contribution in [1.82, 2.24) is 30.0 Å². The molecule has 0 spiro atoms. The van der Waals surface area contributed by atoms with Crippen LogP contribution in [0.2, 0.25) is 0 Å². The molecule has 1 amide bonds. The summed E-state index contributed by atoms with van der Waals surface area (Å²) in [6.07, 6.45) is 3.39. The molecule has 4 aromatic rings. The highest BCUT2D eigenvalue weighted by Crippen LogP contribution is 2.23. The Bertz CT molecular complexity index is 1390. The summed E-state index contributed by atoms with van der Waals surface area (Å²) in [6.45, 7) is 9.04. The molecule has 0 aliphatic rings. The number of aromatic nitrogens is 5. The van der Waals surface area contributed by atoms with E-state index >= 15 is 0 Å². The molecule has 4 N–H and O–H groups in total. The number of rotatable bonds is 9. The van der Waals surface area contributed by atoms with E-state index in [2.05, 4.69) is 31.0 Å². The number of aromatic amines is 1. The SMILES string of the molecule is Cc1cc(C)c(CNC(=O)c2cc(NCCNc3ccccn3)nc3c2cnn3C(C)C)c(=O)[nH]1. The van der Waals surface area contributed by atoms with Gasteiger partial charge in [-0.25, -0.2) is 14.6 Å². The average molecular weight is 475 g/mol. The first kappa shape index (κ1) is 23.9. The molecule has 0 aliphatic heterocycles. The lowest BCUT2D eigenvalue weighted by Gasteiger charge is -2.13. The number of H-pyrrole nitrogens is 1. The molecule has 0 saturated heterocycles. The average Bonchev–Trinajstić information content (AvgIpc) is 3.25. The molecule has 4 heterocycles. The summed E-state index contributed by atoms with van der Waals surface area (Å²) in [5.41, 5.74) is 3.03. The minimum atomic E-state index is -0.297. The van der Waals surface area contributed by atoms with Crippen molar-refractivity contribution >= 4 is 28.6 Å². The molecule has 35 heavy (non-hydrogen) atoms. The van der Waals surface area contributed by atoms with Crippen LogP contribution in [0.15, 0.2) is 47.5 Å². The molecule has 0 aromatic carbocycles. The Morgan fingerprint density at radius 1 is 1.11 bits per heavy atom. The minimum Gasteiger partial charge on any atom is -0.368 e. The van der Waals surface area contributed by atoms with Crippen LogP contribution in [0, 0.1) is 13.8 Å². The molecule has 0 fully saturated rings. The van der Waals surface area contributed by atoms with Crippen LogP contribution < -0.4 is 21.5 Å². The minimum absolute atomic E-state index is 0.0748.